The number of nitrogens with zero attached hydrogens (tertiary/aromatic N) is 2. The first-order valence-corrected chi connectivity index (χ1v) is 16.6. The van der Waals surface area contributed by atoms with Gasteiger partial charge in [0, 0.05) is 17.8 Å². The van der Waals surface area contributed by atoms with E-state index < -0.39 is 0 Å². The summed E-state index contributed by atoms with van der Waals surface area (Å²) in [5.74, 6) is 2.71. The third kappa shape index (κ3) is 3.48. The normalized spacial score (nSPS) is 50.2. The number of aromatic nitrogens is 2. The van der Waals surface area contributed by atoms with E-state index in [1.807, 2.05) is 12.3 Å². The summed E-state index contributed by atoms with van der Waals surface area (Å²) in [5.41, 5.74) is 1.78. The SMILES string of the molecule is CC1(C)CC[C@]23CC[C@]4(C)[C@H](CC[C@@H]5[C@@]6(C)CCC(OC(=O)Cn7cccn7)C(C)(C)[C@@H]6CC[C@]54C)[C@H]2[C@H]1OC3. The van der Waals surface area contributed by atoms with Crippen LogP contribution in [0.15, 0.2) is 18.5 Å². The van der Waals surface area contributed by atoms with Crippen LogP contribution in [0.3, 0.4) is 0 Å². The molecule has 5 aliphatic carbocycles. The molecular weight excluding hydrogens is 496 g/mol. The van der Waals surface area contributed by atoms with Crippen LogP contribution in [-0.2, 0) is 20.8 Å². The van der Waals surface area contributed by atoms with Gasteiger partial charge in [0.05, 0.1) is 12.7 Å². The predicted molar refractivity (Wildman–Crippen MR) is 156 cm³/mol. The van der Waals surface area contributed by atoms with Crippen LogP contribution in [0, 0.1) is 56.2 Å². The molecule has 1 aromatic rings. The Kier molecular flexibility index (Phi) is 5.91. The van der Waals surface area contributed by atoms with Gasteiger partial charge >= 0.3 is 5.97 Å². The van der Waals surface area contributed by atoms with Crippen molar-refractivity contribution in [3.8, 4) is 0 Å². The highest BCUT2D eigenvalue weighted by atomic mass is 16.5. The van der Waals surface area contributed by atoms with Crippen LogP contribution in [0.4, 0.5) is 0 Å². The molecule has 0 amide bonds. The van der Waals surface area contributed by atoms with Gasteiger partial charge in [0.2, 0.25) is 0 Å². The van der Waals surface area contributed by atoms with Gasteiger partial charge in [-0.3, -0.25) is 9.48 Å². The fraction of sp³-hybridized carbons (Fsp3) is 0.886. The fourth-order valence-corrected chi connectivity index (χ4v) is 12.9. The maximum absolute atomic E-state index is 12.9. The molecule has 0 N–H and O–H groups in total. The molecule has 1 aliphatic heterocycles. The predicted octanol–water partition coefficient (Wildman–Crippen LogP) is 7.69. The minimum atomic E-state index is -0.151. The van der Waals surface area contributed by atoms with E-state index in [4.69, 9.17) is 9.47 Å². The van der Waals surface area contributed by atoms with E-state index in [0.717, 1.165) is 30.8 Å². The molecule has 40 heavy (non-hydrogen) atoms. The lowest BCUT2D eigenvalue weighted by Crippen LogP contribution is -2.68. The zero-order chi connectivity index (χ0) is 28.3. The lowest BCUT2D eigenvalue weighted by molar-refractivity contribution is -0.254. The van der Waals surface area contributed by atoms with Crippen molar-refractivity contribution in [3.63, 3.8) is 0 Å². The maximum Gasteiger partial charge on any atom is 0.328 e. The number of hydrogen-bond donors (Lipinski definition) is 0. The van der Waals surface area contributed by atoms with Gasteiger partial charge in [0.1, 0.15) is 12.6 Å². The fourth-order valence-electron chi connectivity index (χ4n) is 12.9. The third-order valence-electron chi connectivity index (χ3n) is 15.2. The Hall–Kier alpha value is -1.36. The first-order chi connectivity index (χ1) is 18.8. The molecule has 5 nitrogen and oxygen atoms in total. The molecule has 6 aliphatic rings. The molecule has 0 radical (unpaired) electrons. The zero-order valence-electron chi connectivity index (χ0n) is 26.3. The smallest absolute Gasteiger partial charge is 0.328 e. The number of hydrogen-bond acceptors (Lipinski definition) is 4. The second kappa shape index (κ2) is 8.60. The van der Waals surface area contributed by atoms with Crippen LogP contribution < -0.4 is 0 Å². The van der Waals surface area contributed by atoms with E-state index in [9.17, 15) is 4.79 Å². The van der Waals surface area contributed by atoms with Gasteiger partial charge in [-0.05, 0) is 121 Å². The van der Waals surface area contributed by atoms with Crippen molar-refractivity contribution < 1.29 is 14.3 Å². The molecule has 5 heteroatoms. The Labute approximate surface area is 242 Å². The average Bonchev–Trinajstić information content (AvgIpc) is 3.51. The third-order valence-corrected chi connectivity index (χ3v) is 15.2. The van der Waals surface area contributed by atoms with Gasteiger partial charge in [-0.2, -0.15) is 5.10 Å². The molecule has 0 spiro atoms. The summed E-state index contributed by atoms with van der Waals surface area (Å²) in [7, 11) is 0. The maximum atomic E-state index is 12.9. The van der Waals surface area contributed by atoms with Gasteiger partial charge in [-0.25, -0.2) is 0 Å². The molecule has 5 saturated carbocycles. The molecule has 10 atom stereocenters. The van der Waals surface area contributed by atoms with Crippen molar-refractivity contribution in [2.24, 2.45) is 56.2 Å². The Bertz CT molecular complexity index is 1160. The Morgan fingerprint density at radius 3 is 2.42 bits per heavy atom. The van der Waals surface area contributed by atoms with E-state index >= 15 is 0 Å². The topological polar surface area (TPSA) is 53.4 Å². The van der Waals surface area contributed by atoms with Crippen LogP contribution in [-0.4, -0.2) is 34.6 Å². The van der Waals surface area contributed by atoms with Crippen LogP contribution in [0.25, 0.3) is 0 Å². The molecule has 222 valence electrons. The monoisotopic (exact) mass is 550 g/mol. The number of carbonyl (C=O) groups is 1. The highest BCUT2D eigenvalue weighted by molar-refractivity contribution is 5.69. The molecule has 1 saturated heterocycles. The molecule has 1 aromatic heterocycles. The summed E-state index contributed by atoms with van der Waals surface area (Å²) in [6.45, 7) is 19.1. The Balaban J connectivity index is 1.15. The van der Waals surface area contributed by atoms with Crippen LogP contribution in [0.2, 0.25) is 0 Å². The second-order valence-corrected chi connectivity index (χ2v) is 17.3. The van der Waals surface area contributed by atoms with Gasteiger partial charge < -0.3 is 9.47 Å². The number of carbonyl (C=O) groups excluding carboxylic acids is 1. The first-order valence-electron chi connectivity index (χ1n) is 16.6. The lowest BCUT2D eigenvalue weighted by Gasteiger charge is -2.73. The molecule has 2 bridgehead atoms. The van der Waals surface area contributed by atoms with E-state index in [1.54, 1.807) is 10.9 Å². The summed E-state index contributed by atoms with van der Waals surface area (Å²) in [4.78, 5) is 12.9. The molecule has 2 heterocycles. The van der Waals surface area contributed by atoms with E-state index in [-0.39, 0.29) is 24.0 Å². The minimum absolute atomic E-state index is 0.0169. The van der Waals surface area contributed by atoms with Gasteiger partial charge in [0.15, 0.2) is 0 Å². The van der Waals surface area contributed by atoms with E-state index in [0.29, 0.717) is 39.1 Å². The largest absolute Gasteiger partial charge is 0.460 e. The van der Waals surface area contributed by atoms with Crippen molar-refractivity contribution in [2.75, 3.05) is 6.61 Å². The minimum Gasteiger partial charge on any atom is -0.460 e. The van der Waals surface area contributed by atoms with Crippen LogP contribution >= 0.6 is 0 Å². The summed E-state index contributed by atoms with van der Waals surface area (Å²) in [5, 5.41) is 4.21. The Morgan fingerprint density at radius 1 is 0.900 bits per heavy atom. The summed E-state index contributed by atoms with van der Waals surface area (Å²) in [6.07, 6.45) is 16.9. The van der Waals surface area contributed by atoms with Crippen molar-refractivity contribution >= 4 is 5.97 Å². The molecule has 7 rings (SSSR count). The molecule has 0 aromatic carbocycles. The van der Waals surface area contributed by atoms with Crippen LogP contribution in [0.1, 0.15) is 113 Å². The number of esters is 1. The van der Waals surface area contributed by atoms with E-state index in [2.05, 4.69) is 53.6 Å². The number of fused-ring (bicyclic) bond motifs is 5. The number of ether oxygens (including phenoxy) is 2. The second-order valence-electron chi connectivity index (χ2n) is 17.3. The van der Waals surface area contributed by atoms with Crippen molar-refractivity contribution in [1.29, 1.82) is 0 Å². The van der Waals surface area contributed by atoms with E-state index in [1.165, 1.54) is 57.8 Å². The van der Waals surface area contributed by atoms with Crippen LogP contribution in [0.5, 0.6) is 0 Å². The highest BCUT2D eigenvalue weighted by Crippen LogP contribution is 2.78. The average molecular weight is 551 g/mol. The van der Waals surface area contributed by atoms with Gasteiger partial charge in [0.25, 0.3) is 0 Å². The highest BCUT2D eigenvalue weighted by Gasteiger charge is 2.72. The summed E-state index contributed by atoms with van der Waals surface area (Å²) >= 11 is 0. The first kappa shape index (κ1) is 27.5. The lowest BCUT2D eigenvalue weighted by atomic mass is 9.31. The van der Waals surface area contributed by atoms with Crippen molar-refractivity contribution in [2.45, 2.75) is 131 Å². The number of rotatable bonds is 3. The zero-order valence-corrected chi connectivity index (χ0v) is 26.3. The van der Waals surface area contributed by atoms with Crippen molar-refractivity contribution in [1.82, 2.24) is 9.78 Å². The Morgan fingerprint density at radius 2 is 1.68 bits per heavy atom. The molecule has 6 fully saturated rings. The molecular formula is C35H54N2O3. The van der Waals surface area contributed by atoms with Gasteiger partial charge in [-0.1, -0.05) is 48.5 Å². The van der Waals surface area contributed by atoms with Gasteiger partial charge in [-0.15, -0.1) is 0 Å². The van der Waals surface area contributed by atoms with Crippen molar-refractivity contribution in [3.05, 3.63) is 18.5 Å². The standard InChI is InChI=1S/C35H54N2O3/c1-30(2)15-17-35-18-16-33(6)23(28(35)29(30)39-22-35)9-10-25-32(5)13-12-26(40-27(38)21-37-20-8-19-36-37)31(3,4)24(32)11-14-34(25,33)7/h8,19-20,23-26,28-29H,9-18,21-22H2,1-7H3/t23-,24+,25-,26?,28+,29-,32+,33-,34-,35-/m1/s1. The summed E-state index contributed by atoms with van der Waals surface area (Å²) < 4.78 is 14.7. The quantitative estimate of drug-likeness (QED) is 0.362. The molecule has 1 unspecified atom stereocenters. The summed E-state index contributed by atoms with van der Waals surface area (Å²) in [6, 6.07) is 1.86.